The van der Waals surface area contributed by atoms with Crippen LogP contribution in [0.25, 0.3) is 0 Å². The van der Waals surface area contributed by atoms with Gasteiger partial charge in [-0.25, -0.2) is 4.79 Å². The highest BCUT2D eigenvalue weighted by atomic mass is 19.4. The van der Waals surface area contributed by atoms with Gasteiger partial charge >= 0.3 is 18.1 Å². The van der Waals surface area contributed by atoms with Crippen molar-refractivity contribution in [3.8, 4) is 5.75 Å². The Morgan fingerprint density at radius 2 is 2.00 bits per heavy atom. The van der Waals surface area contributed by atoms with E-state index in [0.29, 0.717) is 10.2 Å². The van der Waals surface area contributed by atoms with Gasteiger partial charge in [-0.3, -0.25) is 4.68 Å². The summed E-state index contributed by atoms with van der Waals surface area (Å²) in [6.07, 6.45) is -5.24. The van der Waals surface area contributed by atoms with Crippen molar-refractivity contribution >= 4 is 5.97 Å². The van der Waals surface area contributed by atoms with Crippen molar-refractivity contribution in [1.82, 2.24) is 9.78 Å². The summed E-state index contributed by atoms with van der Waals surface area (Å²) in [6, 6.07) is 6.97. The Balaban J connectivity index is 1.84. The molecular formula is C16H15F3N2O6. The van der Waals surface area contributed by atoms with E-state index in [2.05, 4.69) is 9.84 Å². The SMILES string of the molecule is COC(=O)C1OC1c1ccccc1OC(O)(O)c1ccnn1CC(F)(F)F. The number of hydrogen-bond donors (Lipinski definition) is 2. The molecule has 2 N–H and O–H groups in total. The van der Waals surface area contributed by atoms with Crippen LogP contribution in [0.4, 0.5) is 13.2 Å². The van der Waals surface area contributed by atoms with Crippen molar-refractivity contribution in [3.05, 3.63) is 47.8 Å². The minimum absolute atomic E-state index is 0.0846. The predicted molar refractivity (Wildman–Crippen MR) is 81.1 cm³/mol. The molecule has 0 amide bonds. The van der Waals surface area contributed by atoms with E-state index in [1.54, 1.807) is 6.07 Å². The van der Waals surface area contributed by atoms with E-state index in [1.165, 1.54) is 25.3 Å². The average Bonchev–Trinajstić information content (AvgIpc) is 3.24. The molecule has 27 heavy (non-hydrogen) atoms. The van der Waals surface area contributed by atoms with Gasteiger partial charge in [0.05, 0.1) is 7.11 Å². The van der Waals surface area contributed by atoms with Crippen LogP contribution < -0.4 is 4.74 Å². The molecule has 0 bridgehead atoms. The van der Waals surface area contributed by atoms with Crippen molar-refractivity contribution in [2.75, 3.05) is 7.11 Å². The van der Waals surface area contributed by atoms with Crippen LogP contribution in [0.15, 0.2) is 36.5 Å². The second-order valence-corrected chi connectivity index (χ2v) is 5.74. The first-order valence-electron chi connectivity index (χ1n) is 7.67. The van der Waals surface area contributed by atoms with Gasteiger partial charge in [0.1, 0.15) is 24.1 Å². The van der Waals surface area contributed by atoms with Crippen LogP contribution in [-0.2, 0) is 26.8 Å². The smallest absolute Gasteiger partial charge is 0.408 e. The van der Waals surface area contributed by atoms with Crippen LogP contribution >= 0.6 is 0 Å². The fourth-order valence-electron chi connectivity index (χ4n) is 2.56. The maximum absolute atomic E-state index is 12.6. The zero-order valence-corrected chi connectivity index (χ0v) is 13.9. The van der Waals surface area contributed by atoms with Crippen LogP contribution in [0, 0.1) is 0 Å². The Kier molecular flexibility index (Phi) is 4.84. The van der Waals surface area contributed by atoms with Gasteiger partial charge in [0.15, 0.2) is 6.10 Å². The van der Waals surface area contributed by atoms with E-state index >= 15 is 0 Å². The van der Waals surface area contributed by atoms with Crippen LogP contribution in [0.1, 0.15) is 17.4 Å². The molecule has 8 nitrogen and oxygen atoms in total. The van der Waals surface area contributed by atoms with Gasteiger partial charge in [0.2, 0.25) is 0 Å². The Hall–Kier alpha value is -2.63. The van der Waals surface area contributed by atoms with Gasteiger partial charge in [0, 0.05) is 11.8 Å². The van der Waals surface area contributed by atoms with E-state index in [-0.39, 0.29) is 5.75 Å². The third-order valence-electron chi connectivity index (χ3n) is 3.78. The number of benzene rings is 1. The van der Waals surface area contributed by atoms with Crippen LogP contribution in [0.2, 0.25) is 0 Å². The summed E-state index contributed by atoms with van der Waals surface area (Å²) in [5.41, 5.74) is -0.307. The van der Waals surface area contributed by atoms with Gasteiger partial charge in [0.25, 0.3) is 0 Å². The molecule has 146 valence electrons. The zero-order chi connectivity index (χ0) is 19.8. The maximum Gasteiger partial charge on any atom is 0.408 e. The molecular weight excluding hydrogens is 373 g/mol. The molecule has 2 atom stereocenters. The largest absolute Gasteiger partial charge is 0.467 e. The van der Waals surface area contributed by atoms with Gasteiger partial charge in [-0.15, -0.1) is 0 Å². The maximum atomic E-state index is 12.6. The lowest BCUT2D eigenvalue weighted by Gasteiger charge is -2.25. The number of epoxide rings is 1. The standard InChI is InChI=1S/C16H15F3N2O6/c1-25-14(22)13-12(26-13)9-4-2-3-5-10(9)27-16(23,24)11-6-7-20-21(11)8-15(17,18)19/h2-7,12-13,23-24H,8H2,1H3. The van der Waals surface area contributed by atoms with Gasteiger partial charge in [-0.1, -0.05) is 18.2 Å². The van der Waals surface area contributed by atoms with Gasteiger partial charge in [-0.05, 0) is 12.1 Å². The lowest BCUT2D eigenvalue weighted by atomic mass is 10.1. The fourth-order valence-corrected chi connectivity index (χ4v) is 2.56. The predicted octanol–water partition coefficient (Wildman–Crippen LogP) is 1.23. The normalized spacial score (nSPS) is 19.6. The molecule has 1 aromatic carbocycles. The molecule has 1 aromatic heterocycles. The van der Waals surface area contributed by atoms with Gasteiger partial charge in [-0.2, -0.15) is 18.3 Å². The van der Waals surface area contributed by atoms with Crippen molar-refractivity contribution in [3.63, 3.8) is 0 Å². The number of carbonyl (C=O) groups excluding carboxylic acids is 1. The number of hydrogen-bond acceptors (Lipinski definition) is 7. The summed E-state index contributed by atoms with van der Waals surface area (Å²) >= 11 is 0. The molecule has 0 radical (unpaired) electrons. The average molecular weight is 388 g/mol. The first-order valence-corrected chi connectivity index (χ1v) is 7.67. The van der Waals surface area contributed by atoms with Gasteiger partial charge < -0.3 is 24.4 Å². The van der Waals surface area contributed by atoms with E-state index < -0.39 is 42.6 Å². The number of aliphatic hydroxyl groups is 2. The van der Waals surface area contributed by atoms with Crippen molar-refractivity contribution < 1.29 is 42.4 Å². The highest BCUT2D eigenvalue weighted by Crippen LogP contribution is 2.44. The van der Waals surface area contributed by atoms with E-state index in [0.717, 1.165) is 12.3 Å². The minimum atomic E-state index is -4.62. The molecule has 0 aliphatic carbocycles. The molecule has 0 spiro atoms. The second-order valence-electron chi connectivity index (χ2n) is 5.74. The van der Waals surface area contributed by atoms with E-state index in [1.807, 2.05) is 0 Å². The highest BCUT2D eigenvalue weighted by Gasteiger charge is 2.49. The Labute approximate surface area is 150 Å². The first kappa shape index (κ1) is 19.1. The van der Waals surface area contributed by atoms with Crippen molar-refractivity contribution in [2.24, 2.45) is 0 Å². The summed E-state index contributed by atoms with van der Waals surface area (Å²) in [7, 11) is 1.19. The molecule has 1 aliphatic heterocycles. The molecule has 1 saturated heterocycles. The molecule has 2 unspecified atom stereocenters. The van der Waals surface area contributed by atoms with Crippen molar-refractivity contribution in [1.29, 1.82) is 0 Å². The summed E-state index contributed by atoms with van der Waals surface area (Å²) < 4.78 is 53.1. The molecule has 2 aromatic rings. The third kappa shape index (κ3) is 4.21. The molecule has 1 aliphatic rings. The summed E-state index contributed by atoms with van der Waals surface area (Å²) in [6.45, 7) is -1.53. The van der Waals surface area contributed by atoms with Crippen molar-refractivity contribution in [2.45, 2.75) is 30.9 Å². The Morgan fingerprint density at radius 3 is 2.67 bits per heavy atom. The highest BCUT2D eigenvalue weighted by molar-refractivity contribution is 5.78. The fraction of sp³-hybridized carbons (Fsp3) is 0.375. The summed E-state index contributed by atoms with van der Waals surface area (Å²) in [5.74, 6) is -3.80. The number of rotatable bonds is 6. The lowest BCUT2D eigenvalue weighted by Crippen LogP contribution is -2.37. The topological polar surface area (TPSA) is 106 Å². The lowest BCUT2D eigenvalue weighted by molar-refractivity contribution is -0.309. The van der Waals surface area contributed by atoms with Crippen LogP contribution in [-0.4, -0.2) is 45.4 Å². The van der Waals surface area contributed by atoms with E-state index in [4.69, 9.17) is 9.47 Å². The molecule has 3 rings (SSSR count). The zero-order valence-electron chi connectivity index (χ0n) is 13.9. The summed E-state index contributed by atoms with van der Waals surface area (Å²) in [5, 5.41) is 23.9. The minimum Gasteiger partial charge on any atom is -0.467 e. The van der Waals surface area contributed by atoms with Crippen LogP contribution in [0.3, 0.4) is 0 Å². The Bertz CT molecular complexity index is 836. The second kappa shape index (κ2) is 6.83. The quantitative estimate of drug-likeness (QED) is 0.436. The monoisotopic (exact) mass is 388 g/mol. The number of alkyl halides is 3. The number of carbonyl (C=O) groups is 1. The molecule has 1 fully saturated rings. The number of nitrogens with zero attached hydrogens (tertiary/aromatic N) is 2. The van der Waals surface area contributed by atoms with Crippen LogP contribution in [0.5, 0.6) is 5.75 Å². The van der Waals surface area contributed by atoms with E-state index in [9.17, 15) is 28.2 Å². The number of ether oxygens (including phenoxy) is 3. The number of aromatic nitrogens is 2. The summed E-state index contributed by atoms with van der Waals surface area (Å²) in [4.78, 5) is 11.5. The molecule has 11 heteroatoms. The number of methoxy groups -OCH3 is 1. The first-order chi connectivity index (χ1) is 12.6. The number of esters is 1. The number of para-hydroxylation sites is 1. The Morgan fingerprint density at radius 1 is 1.30 bits per heavy atom. The molecule has 0 saturated carbocycles. The number of halogens is 3. The third-order valence-corrected chi connectivity index (χ3v) is 3.78. The molecule has 2 heterocycles.